The minimum atomic E-state index is 0.728. The van der Waals surface area contributed by atoms with Crippen molar-refractivity contribution in [3.63, 3.8) is 0 Å². The molecule has 2 nitrogen and oxygen atoms in total. The van der Waals surface area contributed by atoms with Crippen LogP contribution in [0.15, 0.2) is 35.0 Å². The minimum Gasteiger partial charge on any atom is -0.338 e. The molecule has 0 radical (unpaired) electrons. The summed E-state index contributed by atoms with van der Waals surface area (Å²) in [6.45, 7) is 0.728. The summed E-state index contributed by atoms with van der Waals surface area (Å²) in [7, 11) is 0. The van der Waals surface area contributed by atoms with E-state index in [1.54, 1.807) is 11.8 Å². The van der Waals surface area contributed by atoms with Gasteiger partial charge in [0.2, 0.25) is 0 Å². The van der Waals surface area contributed by atoms with Gasteiger partial charge in [-0.25, -0.2) is 0 Å². The van der Waals surface area contributed by atoms with E-state index < -0.39 is 0 Å². The van der Waals surface area contributed by atoms with Gasteiger partial charge in [-0.15, -0.1) is 11.8 Å². The Labute approximate surface area is 75.9 Å². The summed E-state index contributed by atoms with van der Waals surface area (Å²) in [6, 6.07) is 2.17. The van der Waals surface area contributed by atoms with E-state index in [0.717, 1.165) is 17.9 Å². The van der Waals surface area contributed by atoms with Crippen molar-refractivity contribution in [1.82, 2.24) is 4.90 Å². The molecule has 2 heterocycles. The predicted molar refractivity (Wildman–Crippen MR) is 50.1 cm³/mol. The first-order chi connectivity index (χ1) is 5.90. The van der Waals surface area contributed by atoms with E-state index >= 15 is 0 Å². The fourth-order valence-electron chi connectivity index (χ4n) is 1.22. The molecule has 0 atom stereocenters. The van der Waals surface area contributed by atoms with Crippen LogP contribution in [0.1, 0.15) is 0 Å². The van der Waals surface area contributed by atoms with E-state index in [4.69, 9.17) is 5.26 Å². The molecule has 2 aliphatic rings. The van der Waals surface area contributed by atoms with Gasteiger partial charge in [-0.3, -0.25) is 0 Å². The third-order valence-corrected chi connectivity index (χ3v) is 2.83. The van der Waals surface area contributed by atoms with Gasteiger partial charge >= 0.3 is 0 Å². The van der Waals surface area contributed by atoms with Crippen LogP contribution in [0.3, 0.4) is 0 Å². The van der Waals surface area contributed by atoms with E-state index in [2.05, 4.69) is 17.0 Å². The van der Waals surface area contributed by atoms with Crippen molar-refractivity contribution in [2.45, 2.75) is 0 Å². The Morgan fingerprint density at radius 3 is 3.25 bits per heavy atom. The molecule has 0 bridgehead atoms. The third-order valence-electron chi connectivity index (χ3n) is 1.81. The van der Waals surface area contributed by atoms with Gasteiger partial charge in [-0.05, 0) is 12.2 Å². The zero-order valence-electron chi connectivity index (χ0n) is 6.53. The summed E-state index contributed by atoms with van der Waals surface area (Å²) >= 11 is 1.81. The zero-order chi connectivity index (χ0) is 8.39. The molecule has 12 heavy (non-hydrogen) atoms. The fourth-order valence-corrected chi connectivity index (χ4v) is 2.02. The molecule has 2 aliphatic heterocycles. The standard InChI is InChI=1S/C9H8N2S/c10-6-8-2-3-9-11(7-8)4-1-5-12-9/h1-4H,5,7H2. The number of hydrogen-bond donors (Lipinski definition) is 0. The lowest BCUT2D eigenvalue weighted by Gasteiger charge is -2.27. The monoisotopic (exact) mass is 176 g/mol. The predicted octanol–water partition coefficient (Wildman–Crippen LogP) is 1.85. The van der Waals surface area contributed by atoms with Gasteiger partial charge in [0.25, 0.3) is 0 Å². The van der Waals surface area contributed by atoms with Gasteiger partial charge in [-0.2, -0.15) is 5.26 Å². The Hall–Kier alpha value is -1.14. The quantitative estimate of drug-likeness (QED) is 0.563. The third kappa shape index (κ3) is 1.26. The number of allylic oxidation sites excluding steroid dienone is 2. The Balaban J connectivity index is 2.27. The second kappa shape index (κ2) is 3.08. The van der Waals surface area contributed by atoms with Gasteiger partial charge < -0.3 is 4.90 Å². The average Bonchev–Trinajstić information content (AvgIpc) is 2.17. The molecule has 0 saturated heterocycles. The van der Waals surface area contributed by atoms with Crippen LogP contribution in [-0.4, -0.2) is 17.2 Å². The van der Waals surface area contributed by atoms with Crippen molar-refractivity contribution in [1.29, 1.82) is 5.26 Å². The average molecular weight is 176 g/mol. The Bertz CT molecular complexity index is 320. The molecular formula is C9H8N2S. The maximum Gasteiger partial charge on any atom is 0.0966 e. The molecule has 3 heteroatoms. The van der Waals surface area contributed by atoms with Gasteiger partial charge in [0.05, 0.1) is 17.6 Å². The molecule has 0 fully saturated rings. The normalized spacial score (nSPS) is 20.8. The lowest BCUT2D eigenvalue weighted by atomic mass is 10.2. The number of hydrogen-bond acceptors (Lipinski definition) is 3. The highest BCUT2D eigenvalue weighted by molar-refractivity contribution is 8.03. The van der Waals surface area contributed by atoms with Gasteiger partial charge in [-0.1, -0.05) is 6.08 Å². The Morgan fingerprint density at radius 2 is 2.42 bits per heavy atom. The van der Waals surface area contributed by atoms with Crippen molar-refractivity contribution in [2.75, 3.05) is 12.3 Å². The van der Waals surface area contributed by atoms with Crippen molar-refractivity contribution in [2.24, 2.45) is 0 Å². The van der Waals surface area contributed by atoms with Crippen LogP contribution in [0.4, 0.5) is 0 Å². The maximum atomic E-state index is 8.68. The van der Waals surface area contributed by atoms with E-state index in [9.17, 15) is 0 Å². The molecule has 0 aromatic carbocycles. The van der Waals surface area contributed by atoms with Crippen molar-refractivity contribution < 1.29 is 0 Å². The van der Waals surface area contributed by atoms with Gasteiger partial charge in [0.1, 0.15) is 0 Å². The highest BCUT2D eigenvalue weighted by Gasteiger charge is 2.15. The highest BCUT2D eigenvalue weighted by atomic mass is 32.2. The van der Waals surface area contributed by atoms with E-state index in [1.165, 1.54) is 5.03 Å². The molecule has 0 N–H and O–H groups in total. The van der Waals surface area contributed by atoms with E-state index in [0.29, 0.717) is 0 Å². The highest BCUT2D eigenvalue weighted by Crippen LogP contribution is 2.28. The molecule has 0 amide bonds. The topological polar surface area (TPSA) is 27.0 Å². The molecular weight excluding hydrogens is 168 g/mol. The molecule has 60 valence electrons. The second-order valence-electron chi connectivity index (χ2n) is 2.63. The lowest BCUT2D eigenvalue weighted by molar-refractivity contribution is 0.534. The van der Waals surface area contributed by atoms with E-state index in [-0.39, 0.29) is 0 Å². The first kappa shape index (κ1) is 7.51. The van der Waals surface area contributed by atoms with Crippen LogP contribution in [-0.2, 0) is 0 Å². The smallest absolute Gasteiger partial charge is 0.0966 e. The minimum absolute atomic E-state index is 0.728. The van der Waals surface area contributed by atoms with Crippen molar-refractivity contribution in [3.05, 3.63) is 35.0 Å². The van der Waals surface area contributed by atoms with Crippen LogP contribution in [0, 0.1) is 11.3 Å². The Morgan fingerprint density at radius 1 is 1.50 bits per heavy atom. The van der Waals surface area contributed by atoms with Gasteiger partial charge in [0.15, 0.2) is 0 Å². The lowest BCUT2D eigenvalue weighted by Crippen LogP contribution is -2.22. The first-order valence-corrected chi connectivity index (χ1v) is 4.76. The summed E-state index contributed by atoms with van der Waals surface area (Å²) in [4.78, 5) is 2.10. The summed E-state index contributed by atoms with van der Waals surface area (Å²) in [6.07, 6.45) is 8.07. The van der Waals surface area contributed by atoms with Crippen LogP contribution in [0.5, 0.6) is 0 Å². The van der Waals surface area contributed by atoms with E-state index in [1.807, 2.05) is 18.4 Å². The molecule has 0 aliphatic carbocycles. The second-order valence-corrected chi connectivity index (χ2v) is 3.67. The SMILES string of the molecule is N#CC1=CC=C2SCC=CN2C1. The summed E-state index contributed by atoms with van der Waals surface area (Å²) < 4.78 is 0. The molecule has 0 saturated carbocycles. The zero-order valence-corrected chi connectivity index (χ0v) is 7.34. The number of thioether (sulfide) groups is 1. The first-order valence-electron chi connectivity index (χ1n) is 3.77. The molecule has 0 aromatic heterocycles. The Kier molecular flexibility index (Phi) is 1.92. The van der Waals surface area contributed by atoms with Crippen LogP contribution >= 0.6 is 11.8 Å². The molecule has 2 rings (SSSR count). The van der Waals surface area contributed by atoms with Gasteiger partial charge in [0, 0.05) is 17.5 Å². The number of fused-ring (bicyclic) bond motifs is 1. The largest absolute Gasteiger partial charge is 0.338 e. The van der Waals surface area contributed by atoms with Crippen LogP contribution < -0.4 is 0 Å². The number of nitrogens with zero attached hydrogens (tertiary/aromatic N) is 2. The van der Waals surface area contributed by atoms with Crippen molar-refractivity contribution >= 4 is 11.8 Å². The van der Waals surface area contributed by atoms with Crippen molar-refractivity contribution in [3.8, 4) is 6.07 Å². The fraction of sp³-hybridized carbons (Fsp3) is 0.222. The summed E-state index contributed by atoms with van der Waals surface area (Å²) in [5.41, 5.74) is 0.825. The summed E-state index contributed by atoms with van der Waals surface area (Å²) in [5.74, 6) is 1.04. The molecule has 0 unspecified atom stereocenters. The summed E-state index contributed by atoms with van der Waals surface area (Å²) in [5, 5.41) is 9.92. The van der Waals surface area contributed by atoms with Crippen LogP contribution in [0.25, 0.3) is 0 Å². The van der Waals surface area contributed by atoms with Crippen LogP contribution in [0.2, 0.25) is 0 Å². The molecule has 0 spiro atoms. The molecule has 0 aromatic rings. The number of rotatable bonds is 0. The number of nitriles is 1. The maximum absolute atomic E-state index is 8.68.